The van der Waals surface area contributed by atoms with Gasteiger partial charge in [0.1, 0.15) is 0 Å². The molecule has 2 bridgehead atoms. The predicted molar refractivity (Wildman–Crippen MR) is 92.0 cm³/mol. The number of ether oxygens (including phenoxy) is 1. The average molecular weight is 311 g/mol. The molecule has 3 aliphatic carbocycles. The van der Waals surface area contributed by atoms with Crippen LogP contribution in [0.4, 0.5) is 0 Å². The van der Waals surface area contributed by atoms with Crippen molar-refractivity contribution >= 4 is 0 Å². The van der Waals surface area contributed by atoms with Crippen molar-refractivity contribution < 1.29 is 9.84 Å². The fraction of sp³-hybridized carbons (Fsp3) is 0.500. The van der Waals surface area contributed by atoms with Crippen molar-refractivity contribution in [2.45, 2.75) is 37.6 Å². The summed E-state index contributed by atoms with van der Waals surface area (Å²) in [6.07, 6.45) is 11.5. The number of benzene rings is 1. The number of methoxy groups -OCH3 is 1. The maximum Gasteiger partial charge on any atom is 0.160 e. The molecule has 0 aromatic heterocycles. The minimum Gasteiger partial charge on any atom is -0.504 e. The van der Waals surface area contributed by atoms with Gasteiger partial charge in [-0.15, -0.1) is 6.58 Å². The molecule has 0 aliphatic heterocycles. The van der Waals surface area contributed by atoms with Crippen molar-refractivity contribution in [3.63, 3.8) is 0 Å². The summed E-state index contributed by atoms with van der Waals surface area (Å²) >= 11 is 0. The molecule has 1 saturated carbocycles. The zero-order valence-corrected chi connectivity index (χ0v) is 13.7. The van der Waals surface area contributed by atoms with Gasteiger partial charge in [0.25, 0.3) is 0 Å². The van der Waals surface area contributed by atoms with Crippen LogP contribution in [0.1, 0.15) is 36.3 Å². The summed E-state index contributed by atoms with van der Waals surface area (Å²) in [7, 11) is 1.63. The highest BCUT2D eigenvalue weighted by Crippen LogP contribution is 2.60. The zero-order chi connectivity index (χ0) is 16.0. The molecule has 23 heavy (non-hydrogen) atoms. The quantitative estimate of drug-likeness (QED) is 0.836. The second kappa shape index (κ2) is 5.41. The Morgan fingerprint density at radius 3 is 3.09 bits per heavy atom. The van der Waals surface area contributed by atoms with Crippen LogP contribution < -0.4 is 10.1 Å². The van der Waals surface area contributed by atoms with Crippen molar-refractivity contribution in [2.75, 3.05) is 13.7 Å². The molecule has 3 nitrogen and oxygen atoms in total. The Bertz CT molecular complexity index is 666. The van der Waals surface area contributed by atoms with Crippen LogP contribution >= 0.6 is 0 Å². The van der Waals surface area contributed by atoms with Gasteiger partial charge in [0.15, 0.2) is 11.5 Å². The second-order valence-electron chi connectivity index (χ2n) is 7.16. The highest BCUT2D eigenvalue weighted by molar-refractivity contribution is 5.51. The van der Waals surface area contributed by atoms with E-state index in [1.165, 1.54) is 24.0 Å². The number of phenols is 1. The molecule has 3 heteroatoms. The first kappa shape index (κ1) is 14.8. The lowest BCUT2D eigenvalue weighted by molar-refractivity contribution is 0.117. The molecule has 3 aliphatic rings. The Morgan fingerprint density at radius 1 is 1.43 bits per heavy atom. The van der Waals surface area contributed by atoms with Gasteiger partial charge in [-0.05, 0) is 60.8 Å². The third kappa shape index (κ3) is 2.06. The number of aromatic hydroxyl groups is 1. The van der Waals surface area contributed by atoms with Crippen molar-refractivity contribution in [3.05, 3.63) is 48.1 Å². The number of phenolic OH excluding ortho intramolecular Hbond substituents is 1. The van der Waals surface area contributed by atoms with E-state index in [1.54, 1.807) is 7.11 Å². The van der Waals surface area contributed by atoms with E-state index in [4.69, 9.17) is 4.74 Å². The number of rotatable bonds is 4. The fourth-order valence-corrected chi connectivity index (χ4v) is 5.23. The maximum atomic E-state index is 10.1. The first-order valence-electron chi connectivity index (χ1n) is 8.63. The zero-order valence-electron chi connectivity index (χ0n) is 13.7. The molecule has 2 unspecified atom stereocenters. The smallest absolute Gasteiger partial charge is 0.160 e. The first-order chi connectivity index (χ1) is 11.2. The Hall–Kier alpha value is -1.74. The van der Waals surface area contributed by atoms with E-state index in [-0.39, 0.29) is 11.2 Å². The molecule has 1 spiro atoms. The van der Waals surface area contributed by atoms with Gasteiger partial charge in [0.2, 0.25) is 0 Å². The van der Waals surface area contributed by atoms with E-state index < -0.39 is 0 Å². The van der Waals surface area contributed by atoms with Crippen LogP contribution in [0.15, 0.2) is 36.9 Å². The van der Waals surface area contributed by atoms with Crippen LogP contribution in [-0.4, -0.2) is 24.8 Å². The molecule has 4 rings (SSSR count). The first-order valence-corrected chi connectivity index (χ1v) is 8.63. The molecule has 2 N–H and O–H groups in total. The molecule has 0 saturated heterocycles. The largest absolute Gasteiger partial charge is 0.504 e. The number of hydrogen-bond acceptors (Lipinski definition) is 3. The summed E-state index contributed by atoms with van der Waals surface area (Å²) in [5.74, 6) is 2.02. The molecular formula is C20H25NO2. The van der Waals surface area contributed by atoms with Crippen molar-refractivity contribution in [1.29, 1.82) is 0 Å². The van der Waals surface area contributed by atoms with Crippen molar-refractivity contribution in [1.82, 2.24) is 5.32 Å². The van der Waals surface area contributed by atoms with Crippen LogP contribution in [0.2, 0.25) is 0 Å². The topological polar surface area (TPSA) is 41.5 Å². The fourth-order valence-electron chi connectivity index (χ4n) is 5.23. The molecule has 0 heterocycles. The summed E-state index contributed by atoms with van der Waals surface area (Å²) in [6.45, 7) is 4.72. The Balaban J connectivity index is 1.77. The third-order valence-electron chi connectivity index (χ3n) is 6.22. The van der Waals surface area contributed by atoms with Gasteiger partial charge in [-0.25, -0.2) is 0 Å². The number of nitrogens with one attached hydrogen (secondary N) is 1. The molecule has 0 radical (unpaired) electrons. The van der Waals surface area contributed by atoms with E-state index in [0.29, 0.717) is 23.6 Å². The highest BCUT2D eigenvalue weighted by Gasteiger charge is 2.54. The summed E-state index contributed by atoms with van der Waals surface area (Å²) in [5.41, 5.74) is 2.88. The van der Waals surface area contributed by atoms with Crippen LogP contribution in [0.5, 0.6) is 11.5 Å². The van der Waals surface area contributed by atoms with Crippen molar-refractivity contribution in [2.24, 2.45) is 11.3 Å². The van der Waals surface area contributed by atoms with Gasteiger partial charge >= 0.3 is 0 Å². The average Bonchev–Trinajstić information content (AvgIpc) is 2.77. The Morgan fingerprint density at radius 2 is 2.30 bits per heavy atom. The summed E-state index contributed by atoms with van der Waals surface area (Å²) in [4.78, 5) is 0. The summed E-state index contributed by atoms with van der Waals surface area (Å²) in [5, 5.41) is 13.8. The van der Waals surface area contributed by atoms with Gasteiger partial charge in [-0.1, -0.05) is 18.2 Å². The lowest BCUT2D eigenvalue weighted by Gasteiger charge is -2.51. The lowest BCUT2D eigenvalue weighted by Crippen LogP contribution is -2.53. The number of aryl methyl sites for hydroxylation is 1. The van der Waals surface area contributed by atoms with E-state index >= 15 is 0 Å². The third-order valence-corrected chi connectivity index (χ3v) is 6.22. The van der Waals surface area contributed by atoms with Gasteiger partial charge in [-0.3, -0.25) is 0 Å². The van der Waals surface area contributed by atoms with Crippen LogP contribution in [0, 0.1) is 11.3 Å². The van der Waals surface area contributed by atoms with E-state index in [0.717, 1.165) is 19.4 Å². The van der Waals surface area contributed by atoms with E-state index in [2.05, 4.69) is 30.1 Å². The van der Waals surface area contributed by atoms with Crippen LogP contribution in [-0.2, 0) is 6.42 Å². The Kier molecular flexibility index (Phi) is 3.49. The van der Waals surface area contributed by atoms with Gasteiger partial charge in [0.05, 0.1) is 7.11 Å². The minimum absolute atomic E-state index is 0.209. The van der Waals surface area contributed by atoms with Crippen LogP contribution in [0.25, 0.3) is 0 Å². The molecule has 4 atom stereocenters. The van der Waals surface area contributed by atoms with Gasteiger partial charge in [-0.2, -0.15) is 0 Å². The molecule has 122 valence electrons. The lowest BCUT2D eigenvalue weighted by atomic mass is 9.56. The van der Waals surface area contributed by atoms with E-state index in [1.807, 2.05) is 12.1 Å². The molecule has 1 aromatic rings. The van der Waals surface area contributed by atoms with Crippen molar-refractivity contribution in [3.8, 4) is 11.5 Å². The molecule has 1 fully saturated rings. The predicted octanol–water partition coefficient (Wildman–Crippen LogP) is 3.54. The monoisotopic (exact) mass is 311 g/mol. The summed E-state index contributed by atoms with van der Waals surface area (Å²) in [6, 6.07) is 4.50. The summed E-state index contributed by atoms with van der Waals surface area (Å²) < 4.78 is 5.36. The normalized spacial score (nSPS) is 33.9. The minimum atomic E-state index is 0.209. The van der Waals surface area contributed by atoms with Crippen LogP contribution in [0.3, 0.4) is 0 Å². The SMILES string of the molecule is C=CCNC1[C@H]2C=C[C@@]13CCc1cc(O)c(OC)cc1C3CC2. The van der Waals surface area contributed by atoms with Gasteiger partial charge in [0, 0.05) is 18.0 Å². The maximum absolute atomic E-state index is 10.1. The van der Waals surface area contributed by atoms with E-state index in [9.17, 15) is 5.11 Å². The Labute approximate surface area is 138 Å². The molecular weight excluding hydrogens is 286 g/mol. The molecule has 0 amide bonds. The standard InChI is InChI=1S/C20H25NO2/c1-3-10-21-19-13-4-5-16-15-12-18(23-2)17(22)11-14(15)7-9-20(16,19)8-6-13/h3,6,8,11-13,16,19,21-22H,1,4-5,7,9-10H2,2H3/t13-,16?,19?,20+/m1/s1. The van der Waals surface area contributed by atoms with Gasteiger partial charge < -0.3 is 15.2 Å². The number of hydrogen-bond donors (Lipinski definition) is 2. The highest BCUT2D eigenvalue weighted by atomic mass is 16.5. The second-order valence-corrected chi connectivity index (χ2v) is 7.16. The number of fused-ring (bicyclic) bond motifs is 3. The molecule has 1 aromatic carbocycles.